The predicted octanol–water partition coefficient (Wildman–Crippen LogP) is 11.6. The molecule has 0 saturated heterocycles. The third-order valence-electron chi connectivity index (χ3n) is 10.8. The molecule has 0 spiro atoms. The Labute approximate surface area is 306 Å². The highest BCUT2D eigenvalue weighted by molar-refractivity contribution is 7.25. The molecule has 0 fully saturated rings. The molecule has 0 unspecified atom stereocenters. The van der Waals surface area contributed by atoms with Gasteiger partial charge in [0.1, 0.15) is 0 Å². The molecule has 11 rings (SSSR count). The van der Waals surface area contributed by atoms with Crippen molar-refractivity contribution in [1.82, 2.24) is 4.57 Å². The fraction of sp³-hybridized carbons (Fsp3) is 0. The third kappa shape index (κ3) is 4.44. The fourth-order valence-electron chi connectivity index (χ4n) is 8.54. The molecular weight excluding hydrogens is 647 g/mol. The SMILES string of the molecule is B1c2ccccc2-n2c3ccccc3c3c(-c4ccccc4-c4ccccc4)cc(-c4cc5c(cc4Nc4ccccc4)sc4ccccc45)c1c32. The minimum absolute atomic E-state index is 0.853. The summed E-state index contributed by atoms with van der Waals surface area (Å²) in [5.41, 5.74) is 16.1. The first kappa shape index (κ1) is 29.4. The lowest BCUT2D eigenvalue weighted by Gasteiger charge is -2.25. The Morgan fingerprint density at radius 1 is 0.481 bits per heavy atom. The van der Waals surface area contributed by atoms with E-state index in [0.29, 0.717) is 0 Å². The second kappa shape index (κ2) is 11.6. The summed E-state index contributed by atoms with van der Waals surface area (Å²) < 4.78 is 5.13. The van der Waals surface area contributed by atoms with Gasteiger partial charge in [0.2, 0.25) is 0 Å². The number of anilines is 2. The van der Waals surface area contributed by atoms with Crippen LogP contribution in [-0.4, -0.2) is 11.8 Å². The Kier molecular flexibility index (Phi) is 6.55. The van der Waals surface area contributed by atoms with Crippen LogP contribution in [0.2, 0.25) is 0 Å². The molecule has 3 heterocycles. The van der Waals surface area contributed by atoms with Crippen LogP contribution in [0.1, 0.15) is 0 Å². The van der Waals surface area contributed by atoms with E-state index in [0.717, 1.165) is 18.7 Å². The average Bonchev–Trinajstić information content (AvgIpc) is 3.75. The van der Waals surface area contributed by atoms with E-state index in [1.807, 2.05) is 11.3 Å². The van der Waals surface area contributed by atoms with Crippen molar-refractivity contribution in [2.24, 2.45) is 0 Å². The zero-order valence-corrected chi connectivity index (χ0v) is 29.1. The van der Waals surface area contributed by atoms with E-state index < -0.39 is 0 Å². The summed E-state index contributed by atoms with van der Waals surface area (Å²) in [6.07, 6.45) is 0. The van der Waals surface area contributed by atoms with Crippen LogP contribution in [0.5, 0.6) is 0 Å². The Morgan fingerprint density at radius 2 is 1.17 bits per heavy atom. The van der Waals surface area contributed by atoms with Crippen LogP contribution in [0.3, 0.4) is 0 Å². The number of fused-ring (bicyclic) bond motifs is 8. The normalized spacial score (nSPS) is 12.0. The monoisotopic (exact) mass is 678 g/mol. The molecule has 242 valence electrons. The highest BCUT2D eigenvalue weighted by Gasteiger charge is 2.29. The predicted molar refractivity (Wildman–Crippen MR) is 226 cm³/mol. The van der Waals surface area contributed by atoms with Crippen LogP contribution in [0.15, 0.2) is 176 Å². The summed E-state index contributed by atoms with van der Waals surface area (Å²) in [7, 11) is 0.853. The van der Waals surface area contributed by atoms with Gasteiger partial charge in [0.15, 0.2) is 7.28 Å². The van der Waals surface area contributed by atoms with Crippen molar-refractivity contribution in [3.05, 3.63) is 176 Å². The van der Waals surface area contributed by atoms with Crippen LogP contribution in [0.4, 0.5) is 11.4 Å². The molecule has 0 atom stereocenters. The lowest BCUT2D eigenvalue weighted by atomic mass is 9.58. The van der Waals surface area contributed by atoms with E-state index >= 15 is 0 Å². The minimum Gasteiger partial charge on any atom is -0.355 e. The number of nitrogens with one attached hydrogen (secondary N) is 1. The van der Waals surface area contributed by atoms with Gasteiger partial charge in [-0.05, 0) is 81.8 Å². The Hall–Kier alpha value is -6.36. The Morgan fingerprint density at radius 3 is 2.04 bits per heavy atom. The first-order valence-electron chi connectivity index (χ1n) is 17.9. The Balaban J connectivity index is 1.31. The zero-order chi connectivity index (χ0) is 34.2. The number of rotatable bonds is 5. The molecule has 0 aliphatic carbocycles. The van der Waals surface area contributed by atoms with Gasteiger partial charge in [0.05, 0.1) is 5.52 Å². The van der Waals surface area contributed by atoms with Gasteiger partial charge in [-0.1, -0.05) is 133 Å². The van der Waals surface area contributed by atoms with Gasteiger partial charge in [-0.15, -0.1) is 11.3 Å². The number of para-hydroxylation sites is 3. The molecule has 0 radical (unpaired) electrons. The van der Waals surface area contributed by atoms with Gasteiger partial charge in [-0.25, -0.2) is 0 Å². The van der Waals surface area contributed by atoms with Crippen molar-refractivity contribution in [2.75, 3.05) is 5.32 Å². The number of nitrogens with zero attached hydrogens (tertiary/aromatic N) is 1. The van der Waals surface area contributed by atoms with Crippen LogP contribution >= 0.6 is 11.3 Å². The van der Waals surface area contributed by atoms with Gasteiger partial charge in [-0.2, -0.15) is 0 Å². The average molecular weight is 679 g/mol. The molecule has 1 aliphatic heterocycles. The maximum atomic E-state index is 3.88. The van der Waals surface area contributed by atoms with Gasteiger partial charge in [0.25, 0.3) is 0 Å². The van der Waals surface area contributed by atoms with Gasteiger partial charge in [0, 0.05) is 59.1 Å². The largest absolute Gasteiger partial charge is 0.355 e. The molecule has 8 aromatic carbocycles. The molecule has 0 amide bonds. The lowest BCUT2D eigenvalue weighted by Crippen LogP contribution is -2.37. The smallest absolute Gasteiger partial charge is 0.198 e. The van der Waals surface area contributed by atoms with Crippen LogP contribution in [0, 0.1) is 0 Å². The van der Waals surface area contributed by atoms with E-state index in [9.17, 15) is 0 Å². The van der Waals surface area contributed by atoms with Crippen molar-refractivity contribution in [3.8, 4) is 39.1 Å². The number of aromatic nitrogens is 1. The van der Waals surface area contributed by atoms with E-state index in [2.05, 4.69) is 186 Å². The second-order valence-electron chi connectivity index (χ2n) is 13.7. The standard InChI is InChI=1S/C48H31BN2S/c1-3-15-30(16-4-1)32-19-7-8-20-33(32)38-28-39(47-48-46(38)35-22-9-12-24-42(35)51(48)43-25-13-11-23-40(43)49-47)36-27-37-34-21-10-14-26-44(34)52-45(37)29-41(36)50-31-17-5-2-6-18-31/h1-29,49-50H. The van der Waals surface area contributed by atoms with E-state index in [4.69, 9.17) is 0 Å². The molecule has 0 saturated carbocycles. The molecule has 1 aliphatic rings. The first-order valence-corrected chi connectivity index (χ1v) is 18.7. The zero-order valence-electron chi connectivity index (χ0n) is 28.3. The van der Waals surface area contributed by atoms with E-state index in [1.54, 1.807) is 0 Å². The fourth-order valence-corrected chi connectivity index (χ4v) is 9.67. The molecule has 52 heavy (non-hydrogen) atoms. The van der Waals surface area contributed by atoms with E-state index in [1.165, 1.54) is 92.0 Å². The van der Waals surface area contributed by atoms with Crippen molar-refractivity contribution in [3.63, 3.8) is 0 Å². The van der Waals surface area contributed by atoms with Gasteiger partial charge >= 0.3 is 0 Å². The lowest BCUT2D eigenvalue weighted by molar-refractivity contribution is 1.19. The molecule has 1 N–H and O–H groups in total. The summed E-state index contributed by atoms with van der Waals surface area (Å²) in [4.78, 5) is 0. The summed E-state index contributed by atoms with van der Waals surface area (Å²) in [5, 5.41) is 9.07. The molecular formula is C48H31BN2S. The molecule has 4 heteroatoms. The highest BCUT2D eigenvalue weighted by Crippen LogP contribution is 2.47. The molecule has 2 aromatic heterocycles. The quantitative estimate of drug-likeness (QED) is 0.179. The maximum absolute atomic E-state index is 3.88. The van der Waals surface area contributed by atoms with Crippen molar-refractivity contribution < 1.29 is 0 Å². The number of thiophene rings is 1. The summed E-state index contributed by atoms with van der Waals surface area (Å²) in [6.45, 7) is 0. The van der Waals surface area contributed by atoms with Crippen LogP contribution < -0.4 is 16.2 Å². The van der Waals surface area contributed by atoms with Crippen LogP contribution in [-0.2, 0) is 0 Å². The van der Waals surface area contributed by atoms with Gasteiger partial charge < -0.3 is 9.88 Å². The minimum atomic E-state index is 0.853. The molecule has 2 nitrogen and oxygen atoms in total. The molecule has 0 bridgehead atoms. The highest BCUT2D eigenvalue weighted by atomic mass is 32.1. The summed E-state index contributed by atoms with van der Waals surface area (Å²) in [6, 6.07) is 64.4. The molecule has 10 aromatic rings. The third-order valence-corrected chi connectivity index (χ3v) is 11.9. The second-order valence-corrected chi connectivity index (χ2v) is 14.8. The number of hydrogen-bond acceptors (Lipinski definition) is 2. The topological polar surface area (TPSA) is 17.0 Å². The summed E-state index contributed by atoms with van der Waals surface area (Å²) >= 11 is 1.87. The van der Waals surface area contributed by atoms with Crippen molar-refractivity contribution >= 4 is 82.9 Å². The van der Waals surface area contributed by atoms with Crippen LogP contribution in [0.25, 0.3) is 81.0 Å². The van der Waals surface area contributed by atoms with Crippen molar-refractivity contribution in [2.45, 2.75) is 0 Å². The summed E-state index contributed by atoms with van der Waals surface area (Å²) in [5.74, 6) is 0. The Bertz CT molecular complexity index is 3010. The van der Waals surface area contributed by atoms with Gasteiger partial charge in [-0.3, -0.25) is 0 Å². The van der Waals surface area contributed by atoms with Crippen molar-refractivity contribution in [1.29, 1.82) is 0 Å². The number of benzene rings is 8. The first-order chi connectivity index (χ1) is 25.8. The number of hydrogen-bond donors (Lipinski definition) is 1. The van der Waals surface area contributed by atoms with E-state index in [-0.39, 0.29) is 0 Å². The maximum Gasteiger partial charge on any atom is 0.198 e.